The molecule has 7 heteroatoms. The first kappa shape index (κ1) is 20.7. The van der Waals surface area contributed by atoms with Gasteiger partial charge in [-0.05, 0) is 63.9 Å². The molecule has 2 aliphatic heterocycles. The smallest absolute Gasteiger partial charge is 0.293 e. The number of para-hydroxylation sites is 1. The van der Waals surface area contributed by atoms with Crippen LogP contribution in [-0.2, 0) is 16.1 Å². The highest BCUT2D eigenvalue weighted by Crippen LogP contribution is 2.35. The summed E-state index contributed by atoms with van der Waals surface area (Å²) in [6, 6.07) is 7.96. The number of benzene rings is 1. The van der Waals surface area contributed by atoms with Gasteiger partial charge >= 0.3 is 0 Å². The van der Waals surface area contributed by atoms with E-state index < -0.39 is 0 Å². The summed E-state index contributed by atoms with van der Waals surface area (Å²) in [6.45, 7) is 6.86. The van der Waals surface area contributed by atoms with Gasteiger partial charge in [0, 0.05) is 41.3 Å². The molecule has 1 aromatic heterocycles. The maximum atomic E-state index is 13.0. The highest BCUT2D eigenvalue weighted by atomic mass is 32.2. The minimum absolute atomic E-state index is 0.120. The van der Waals surface area contributed by atoms with Gasteiger partial charge in [0.15, 0.2) is 0 Å². The summed E-state index contributed by atoms with van der Waals surface area (Å²) in [5.74, 6) is -0.135. The molecule has 2 aromatic rings. The number of carbonyl (C=O) groups is 3. The lowest BCUT2D eigenvalue weighted by atomic mass is 10.0. The maximum Gasteiger partial charge on any atom is 0.293 e. The number of hydrogen-bond donors (Lipinski definition) is 0. The van der Waals surface area contributed by atoms with E-state index in [9.17, 15) is 14.4 Å². The molecule has 0 saturated carbocycles. The monoisotopic (exact) mass is 425 g/mol. The average molecular weight is 426 g/mol. The maximum absolute atomic E-state index is 13.0. The first-order chi connectivity index (χ1) is 14.4. The van der Waals surface area contributed by atoms with Crippen molar-refractivity contribution in [2.75, 3.05) is 6.54 Å². The van der Waals surface area contributed by atoms with Crippen LogP contribution in [0.3, 0.4) is 0 Å². The minimum atomic E-state index is -0.255. The largest absolute Gasteiger partial charge is 0.338 e. The summed E-state index contributed by atoms with van der Waals surface area (Å²) < 4.78 is 1.96. The molecule has 0 radical (unpaired) electrons. The van der Waals surface area contributed by atoms with Gasteiger partial charge in [0.25, 0.3) is 11.1 Å². The van der Waals surface area contributed by atoms with Crippen LogP contribution in [-0.4, -0.2) is 50.0 Å². The number of rotatable bonds is 4. The van der Waals surface area contributed by atoms with Crippen molar-refractivity contribution in [3.05, 3.63) is 40.9 Å². The molecule has 4 rings (SSSR count). The standard InChI is InChI=1S/C23H27N3O3S/c1-15(2)26-22(28)20(30-23(26)29)12-17-13-24(19-10-5-4-9-18(17)19)14-21(27)25-11-7-6-8-16(25)3/h4-5,9-10,12-13,15-16H,6-8,11,14H2,1-3H3/b20-12-/t16-/m1/s1. The number of aromatic nitrogens is 1. The Morgan fingerprint density at radius 2 is 2.00 bits per heavy atom. The lowest BCUT2D eigenvalue weighted by Gasteiger charge is -2.33. The fourth-order valence-electron chi connectivity index (χ4n) is 4.29. The van der Waals surface area contributed by atoms with Crippen LogP contribution < -0.4 is 0 Å². The SMILES string of the molecule is CC(C)N1C(=O)S/C(=C\c2cn(CC(=O)N3CCCC[C@H]3C)c3ccccc23)C1=O. The number of nitrogens with zero attached hydrogens (tertiary/aromatic N) is 3. The normalized spacial score (nSPS) is 21.5. The molecular weight excluding hydrogens is 398 g/mol. The van der Waals surface area contributed by atoms with Crippen molar-refractivity contribution in [3.8, 4) is 0 Å². The average Bonchev–Trinajstić information content (AvgIpc) is 3.19. The summed E-state index contributed by atoms with van der Waals surface area (Å²) in [5.41, 5.74) is 1.80. The third-order valence-corrected chi connectivity index (χ3v) is 6.76. The minimum Gasteiger partial charge on any atom is -0.338 e. The van der Waals surface area contributed by atoms with Crippen molar-refractivity contribution in [2.24, 2.45) is 0 Å². The van der Waals surface area contributed by atoms with Crippen LogP contribution in [0, 0.1) is 0 Å². The van der Waals surface area contributed by atoms with Crippen molar-refractivity contribution in [2.45, 2.75) is 58.7 Å². The van der Waals surface area contributed by atoms with Crippen LogP contribution in [0.1, 0.15) is 45.6 Å². The fraction of sp³-hybridized carbons (Fsp3) is 0.435. The molecule has 30 heavy (non-hydrogen) atoms. The summed E-state index contributed by atoms with van der Waals surface area (Å²) >= 11 is 0.974. The molecule has 2 fully saturated rings. The van der Waals surface area contributed by atoms with Gasteiger partial charge in [-0.3, -0.25) is 19.3 Å². The highest BCUT2D eigenvalue weighted by molar-refractivity contribution is 8.18. The number of piperidine rings is 1. The number of thioether (sulfide) groups is 1. The van der Waals surface area contributed by atoms with Crippen molar-refractivity contribution in [1.82, 2.24) is 14.4 Å². The van der Waals surface area contributed by atoms with E-state index in [2.05, 4.69) is 6.92 Å². The molecule has 3 amide bonds. The molecule has 0 N–H and O–H groups in total. The Kier molecular flexibility index (Phi) is 5.73. The van der Waals surface area contributed by atoms with Gasteiger partial charge in [-0.15, -0.1) is 0 Å². The summed E-state index contributed by atoms with van der Waals surface area (Å²) in [5, 5.41) is 0.729. The van der Waals surface area contributed by atoms with Crippen LogP contribution in [0.2, 0.25) is 0 Å². The van der Waals surface area contributed by atoms with E-state index >= 15 is 0 Å². The third kappa shape index (κ3) is 3.78. The van der Waals surface area contributed by atoms with Gasteiger partial charge < -0.3 is 9.47 Å². The lowest BCUT2D eigenvalue weighted by molar-refractivity contribution is -0.135. The quantitative estimate of drug-likeness (QED) is 0.677. The molecule has 0 unspecified atom stereocenters. The van der Waals surface area contributed by atoms with Crippen molar-refractivity contribution in [1.29, 1.82) is 0 Å². The number of fused-ring (bicyclic) bond motifs is 1. The highest BCUT2D eigenvalue weighted by Gasteiger charge is 2.36. The van der Waals surface area contributed by atoms with Gasteiger partial charge in [-0.1, -0.05) is 18.2 Å². The third-order valence-electron chi connectivity index (χ3n) is 5.87. The number of likely N-dealkylation sites (tertiary alicyclic amines) is 1. The Morgan fingerprint density at radius 3 is 2.70 bits per heavy atom. The second-order valence-electron chi connectivity index (χ2n) is 8.31. The van der Waals surface area contributed by atoms with Gasteiger partial charge in [0.05, 0.1) is 4.91 Å². The second-order valence-corrected chi connectivity index (χ2v) is 9.30. The predicted octanol–water partition coefficient (Wildman–Crippen LogP) is 4.49. The molecule has 1 atom stereocenters. The van der Waals surface area contributed by atoms with E-state index in [0.29, 0.717) is 4.91 Å². The Labute approximate surface area is 180 Å². The van der Waals surface area contributed by atoms with Crippen LogP contribution in [0.5, 0.6) is 0 Å². The fourth-order valence-corrected chi connectivity index (χ4v) is 5.24. The molecule has 3 heterocycles. The van der Waals surface area contributed by atoms with E-state index in [0.717, 1.165) is 47.6 Å². The van der Waals surface area contributed by atoms with E-state index in [-0.39, 0.29) is 35.7 Å². The van der Waals surface area contributed by atoms with Crippen LogP contribution in [0.25, 0.3) is 17.0 Å². The molecule has 0 aliphatic carbocycles. The first-order valence-corrected chi connectivity index (χ1v) is 11.3. The second kappa shape index (κ2) is 8.30. The zero-order valence-electron chi connectivity index (χ0n) is 17.6. The molecule has 0 bridgehead atoms. The first-order valence-electron chi connectivity index (χ1n) is 10.5. The van der Waals surface area contributed by atoms with Gasteiger partial charge in [-0.2, -0.15) is 0 Å². The van der Waals surface area contributed by atoms with E-state index in [1.54, 1.807) is 6.08 Å². The number of hydrogen-bond acceptors (Lipinski definition) is 4. The zero-order valence-corrected chi connectivity index (χ0v) is 18.4. The summed E-state index contributed by atoms with van der Waals surface area (Å²) in [4.78, 5) is 41.6. The van der Waals surface area contributed by atoms with Crippen LogP contribution in [0.4, 0.5) is 4.79 Å². The van der Waals surface area contributed by atoms with Gasteiger partial charge in [0.1, 0.15) is 6.54 Å². The molecule has 2 aliphatic rings. The molecule has 158 valence electrons. The van der Waals surface area contributed by atoms with Crippen molar-refractivity contribution >= 4 is 45.8 Å². The van der Waals surface area contributed by atoms with Crippen LogP contribution in [0.15, 0.2) is 35.4 Å². The lowest BCUT2D eigenvalue weighted by Crippen LogP contribution is -2.43. The molecule has 6 nitrogen and oxygen atoms in total. The van der Waals surface area contributed by atoms with E-state index in [1.807, 2.05) is 53.8 Å². The Morgan fingerprint density at radius 1 is 1.23 bits per heavy atom. The van der Waals surface area contributed by atoms with E-state index in [4.69, 9.17) is 0 Å². The van der Waals surface area contributed by atoms with Gasteiger partial charge in [-0.25, -0.2) is 0 Å². The molecule has 2 saturated heterocycles. The molecule has 1 aromatic carbocycles. The van der Waals surface area contributed by atoms with E-state index in [1.165, 1.54) is 11.3 Å². The van der Waals surface area contributed by atoms with Gasteiger partial charge in [0.2, 0.25) is 5.91 Å². The van der Waals surface area contributed by atoms with Crippen molar-refractivity contribution < 1.29 is 14.4 Å². The molecular formula is C23H27N3O3S. The van der Waals surface area contributed by atoms with Crippen molar-refractivity contribution in [3.63, 3.8) is 0 Å². The Bertz CT molecular complexity index is 1040. The summed E-state index contributed by atoms with van der Waals surface area (Å²) in [7, 11) is 0. The topological polar surface area (TPSA) is 62.6 Å². The number of imide groups is 1. The Hall–Kier alpha value is -2.54. The molecule has 0 spiro atoms. The Balaban J connectivity index is 1.66. The predicted molar refractivity (Wildman–Crippen MR) is 120 cm³/mol. The zero-order chi connectivity index (χ0) is 21.4. The number of carbonyl (C=O) groups excluding carboxylic acids is 3. The summed E-state index contributed by atoms with van der Waals surface area (Å²) in [6.07, 6.45) is 6.97. The van der Waals surface area contributed by atoms with Crippen LogP contribution >= 0.6 is 11.8 Å². The number of amides is 3.